The number of aromatic nitrogens is 3. The number of sulfonamides is 1. The fourth-order valence-electron chi connectivity index (χ4n) is 2.93. The predicted octanol–water partition coefficient (Wildman–Crippen LogP) is 3.51. The van der Waals surface area contributed by atoms with Crippen LogP contribution in [-0.4, -0.2) is 34.3 Å². The lowest BCUT2D eigenvalue weighted by Gasteiger charge is -2.15. The zero-order valence-electron chi connectivity index (χ0n) is 17.8. The first kappa shape index (κ1) is 23.9. The molecule has 3 aromatic rings. The molecule has 0 fully saturated rings. The van der Waals surface area contributed by atoms with Crippen LogP contribution in [0.5, 0.6) is 0 Å². The minimum absolute atomic E-state index is 0.0413. The quantitative estimate of drug-likeness (QED) is 0.479. The number of nitrogens with two attached hydrogens (primary N) is 1. The highest BCUT2D eigenvalue weighted by Crippen LogP contribution is 2.29. The highest BCUT2D eigenvalue weighted by molar-refractivity contribution is 8.00. The van der Waals surface area contributed by atoms with Gasteiger partial charge in [0.05, 0.1) is 15.7 Å². The van der Waals surface area contributed by atoms with Gasteiger partial charge in [-0.25, -0.2) is 17.9 Å². The summed E-state index contributed by atoms with van der Waals surface area (Å²) in [4.78, 5) is 12.6. The third-order valence-electron chi connectivity index (χ3n) is 4.48. The number of amides is 1. The maximum atomic E-state index is 14.3. The average Bonchev–Trinajstić information content (AvgIpc) is 3.09. The first-order valence-electron chi connectivity index (χ1n) is 9.84. The number of thioether (sulfide) groups is 1. The summed E-state index contributed by atoms with van der Waals surface area (Å²) >= 11 is 1.21. The first-order valence-corrected chi connectivity index (χ1v) is 12.3. The number of hydrogen-bond acceptors (Lipinski definition) is 6. The van der Waals surface area contributed by atoms with Crippen LogP contribution in [0.1, 0.15) is 20.8 Å². The van der Waals surface area contributed by atoms with E-state index >= 15 is 0 Å². The van der Waals surface area contributed by atoms with Crippen molar-refractivity contribution in [2.75, 3.05) is 5.32 Å². The molecule has 0 radical (unpaired) electrons. The first-order chi connectivity index (χ1) is 15.1. The van der Waals surface area contributed by atoms with Crippen molar-refractivity contribution in [2.24, 2.45) is 11.1 Å². The highest BCUT2D eigenvalue weighted by atomic mass is 32.2. The van der Waals surface area contributed by atoms with Crippen molar-refractivity contribution in [3.63, 3.8) is 0 Å². The van der Waals surface area contributed by atoms with Crippen LogP contribution in [-0.2, 0) is 21.4 Å². The number of nitrogens with zero attached hydrogens (tertiary/aromatic N) is 3. The van der Waals surface area contributed by atoms with Crippen LogP contribution in [0.25, 0.3) is 11.4 Å². The molecule has 1 atom stereocenters. The second-order valence-corrected chi connectivity index (χ2v) is 10.5. The molecule has 8 nitrogen and oxygen atoms in total. The average molecular weight is 478 g/mol. The van der Waals surface area contributed by atoms with E-state index in [4.69, 9.17) is 5.14 Å². The number of primary sulfonamides is 1. The van der Waals surface area contributed by atoms with E-state index in [0.717, 1.165) is 0 Å². The van der Waals surface area contributed by atoms with Crippen LogP contribution >= 0.6 is 11.8 Å². The number of hydrogen-bond donors (Lipinski definition) is 2. The minimum Gasteiger partial charge on any atom is -0.325 e. The van der Waals surface area contributed by atoms with E-state index in [9.17, 15) is 17.6 Å². The number of carbonyl (C=O) groups is 1. The second kappa shape index (κ2) is 9.80. The van der Waals surface area contributed by atoms with Crippen molar-refractivity contribution in [3.05, 3.63) is 54.3 Å². The molecule has 0 aliphatic carbocycles. The lowest BCUT2D eigenvalue weighted by molar-refractivity contribution is -0.115. The molecule has 3 rings (SSSR count). The normalized spacial score (nSPS) is 12.7. The maximum Gasteiger partial charge on any atom is 0.238 e. The summed E-state index contributed by atoms with van der Waals surface area (Å²) in [6.07, 6.45) is 0. The molecule has 0 saturated carbocycles. The second-order valence-electron chi connectivity index (χ2n) is 7.61. The smallest absolute Gasteiger partial charge is 0.238 e. The van der Waals surface area contributed by atoms with Gasteiger partial charge in [0.2, 0.25) is 15.9 Å². The minimum atomic E-state index is -3.81. The Balaban J connectivity index is 1.78. The topological polar surface area (TPSA) is 120 Å². The van der Waals surface area contributed by atoms with E-state index in [0.29, 0.717) is 28.8 Å². The Hall–Kier alpha value is -2.76. The number of benzene rings is 2. The van der Waals surface area contributed by atoms with Crippen molar-refractivity contribution < 1.29 is 17.6 Å². The summed E-state index contributed by atoms with van der Waals surface area (Å²) in [6, 6.07) is 11.9. The molecule has 0 spiro atoms. The van der Waals surface area contributed by atoms with Gasteiger partial charge < -0.3 is 9.88 Å². The largest absolute Gasteiger partial charge is 0.325 e. The molecule has 2 aromatic carbocycles. The van der Waals surface area contributed by atoms with Crippen molar-refractivity contribution in [1.82, 2.24) is 14.8 Å². The predicted molar refractivity (Wildman–Crippen MR) is 122 cm³/mol. The zero-order chi connectivity index (χ0) is 23.5. The van der Waals surface area contributed by atoms with Gasteiger partial charge in [0.1, 0.15) is 5.82 Å². The van der Waals surface area contributed by atoms with Crippen molar-refractivity contribution in [2.45, 2.75) is 42.6 Å². The standard InChI is InChI=1S/C21H24FN5O3S2/c1-13(2)12-27-19(17-6-4-5-7-18(17)22)25-26-21(27)31-14(3)20(28)24-15-8-10-16(11-9-15)32(23,29)30/h4-11,13-14H,12H2,1-3H3,(H,24,28)(H2,23,29,30). The van der Waals surface area contributed by atoms with E-state index < -0.39 is 21.1 Å². The molecule has 1 amide bonds. The Morgan fingerprint density at radius 2 is 1.78 bits per heavy atom. The molecule has 0 saturated heterocycles. The molecule has 32 heavy (non-hydrogen) atoms. The lowest BCUT2D eigenvalue weighted by atomic mass is 10.2. The Bertz CT molecular complexity index is 1210. The lowest BCUT2D eigenvalue weighted by Crippen LogP contribution is -2.23. The molecular weight excluding hydrogens is 453 g/mol. The van der Waals surface area contributed by atoms with Gasteiger partial charge in [0.25, 0.3) is 0 Å². The fraction of sp³-hybridized carbons (Fsp3) is 0.286. The molecule has 0 aliphatic heterocycles. The van der Waals surface area contributed by atoms with Crippen LogP contribution < -0.4 is 10.5 Å². The Kier molecular flexibility index (Phi) is 7.32. The summed E-state index contributed by atoms with van der Waals surface area (Å²) in [5.41, 5.74) is 0.782. The summed E-state index contributed by atoms with van der Waals surface area (Å²) < 4.78 is 38.9. The Morgan fingerprint density at radius 3 is 2.38 bits per heavy atom. The van der Waals surface area contributed by atoms with Gasteiger partial charge in [-0.05, 0) is 49.2 Å². The van der Waals surface area contributed by atoms with Gasteiger partial charge >= 0.3 is 0 Å². The van der Waals surface area contributed by atoms with E-state index in [-0.39, 0.29) is 16.7 Å². The third-order valence-corrected chi connectivity index (χ3v) is 6.49. The van der Waals surface area contributed by atoms with Crippen LogP contribution in [0, 0.1) is 11.7 Å². The molecule has 170 valence electrons. The van der Waals surface area contributed by atoms with Crippen LogP contribution in [0.4, 0.5) is 10.1 Å². The number of carbonyl (C=O) groups excluding carboxylic acids is 1. The van der Waals surface area contributed by atoms with Gasteiger partial charge in [-0.1, -0.05) is 37.7 Å². The molecule has 0 aliphatic rings. The maximum absolute atomic E-state index is 14.3. The summed E-state index contributed by atoms with van der Waals surface area (Å²) in [6.45, 7) is 6.33. The Labute approximate surface area is 190 Å². The molecule has 11 heteroatoms. The number of halogens is 1. The van der Waals surface area contributed by atoms with Gasteiger partial charge in [0, 0.05) is 12.2 Å². The number of anilines is 1. The molecule has 1 aromatic heterocycles. The van der Waals surface area contributed by atoms with Crippen molar-refractivity contribution >= 4 is 33.4 Å². The van der Waals surface area contributed by atoms with Gasteiger partial charge in [-0.3, -0.25) is 4.79 Å². The van der Waals surface area contributed by atoms with Crippen LogP contribution in [0.2, 0.25) is 0 Å². The summed E-state index contributed by atoms with van der Waals surface area (Å²) in [7, 11) is -3.81. The SMILES string of the molecule is CC(C)Cn1c(SC(C)C(=O)Nc2ccc(S(N)(=O)=O)cc2)nnc1-c1ccccc1F. The van der Waals surface area contributed by atoms with Gasteiger partial charge in [-0.2, -0.15) is 0 Å². The Morgan fingerprint density at radius 1 is 1.12 bits per heavy atom. The highest BCUT2D eigenvalue weighted by Gasteiger charge is 2.22. The monoisotopic (exact) mass is 477 g/mol. The fourth-order valence-corrected chi connectivity index (χ4v) is 4.30. The molecule has 0 bridgehead atoms. The molecule has 1 unspecified atom stereocenters. The van der Waals surface area contributed by atoms with E-state index in [1.54, 1.807) is 25.1 Å². The summed E-state index contributed by atoms with van der Waals surface area (Å²) in [5, 5.41) is 16.2. The molecule has 3 N–H and O–H groups in total. The number of rotatable bonds is 8. The number of nitrogens with one attached hydrogen (secondary N) is 1. The van der Waals surface area contributed by atoms with Crippen LogP contribution in [0.3, 0.4) is 0 Å². The van der Waals surface area contributed by atoms with Crippen LogP contribution in [0.15, 0.2) is 58.6 Å². The van der Waals surface area contributed by atoms with E-state index in [1.165, 1.54) is 42.1 Å². The van der Waals surface area contributed by atoms with Gasteiger partial charge in [0.15, 0.2) is 11.0 Å². The molecular formula is C21H24FN5O3S2. The molecule has 1 heterocycles. The summed E-state index contributed by atoms with van der Waals surface area (Å²) in [5.74, 6) is -0.0390. The van der Waals surface area contributed by atoms with Crippen molar-refractivity contribution in [1.29, 1.82) is 0 Å². The van der Waals surface area contributed by atoms with E-state index in [1.807, 2.05) is 18.4 Å². The third kappa shape index (κ3) is 5.72. The van der Waals surface area contributed by atoms with Gasteiger partial charge in [-0.15, -0.1) is 10.2 Å². The van der Waals surface area contributed by atoms with Crippen molar-refractivity contribution in [3.8, 4) is 11.4 Å². The zero-order valence-corrected chi connectivity index (χ0v) is 19.5. The van der Waals surface area contributed by atoms with E-state index in [2.05, 4.69) is 15.5 Å².